The molecule has 33 heavy (non-hydrogen) atoms. The predicted octanol–water partition coefficient (Wildman–Crippen LogP) is 5.95. The third-order valence-corrected chi connectivity index (χ3v) is 6.52. The van der Waals surface area contributed by atoms with Crippen molar-refractivity contribution in [1.29, 1.82) is 0 Å². The summed E-state index contributed by atoms with van der Waals surface area (Å²) in [6.45, 7) is 5.87. The van der Waals surface area contributed by atoms with Crippen molar-refractivity contribution in [2.75, 3.05) is 4.90 Å². The molecule has 7 nitrogen and oxygen atoms in total. The Hall–Kier alpha value is -3.17. The summed E-state index contributed by atoms with van der Waals surface area (Å²) in [5.41, 5.74) is 4.00. The van der Waals surface area contributed by atoms with Gasteiger partial charge in [0.2, 0.25) is 5.91 Å². The Morgan fingerprint density at radius 3 is 2.73 bits per heavy atom. The van der Waals surface area contributed by atoms with Gasteiger partial charge in [0.25, 0.3) is 11.1 Å². The molecule has 0 aliphatic heterocycles. The number of hydrogen-bond donors (Lipinski definition) is 0. The van der Waals surface area contributed by atoms with Crippen molar-refractivity contribution in [3.05, 3.63) is 76.6 Å². The lowest BCUT2D eigenvalue weighted by Crippen LogP contribution is -2.22. The van der Waals surface area contributed by atoms with E-state index in [1.54, 1.807) is 11.8 Å². The van der Waals surface area contributed by atoms with E-state index in [2.05, 4.69) is 22.1 Å². The SMILES string of the molecule is CCc1ccc(N(C(C)=O)c2nc(CSc3nnc(COc4cccc(C)c4)o3)cs2)cc1. The van der Waals surface area contributed by atoms with E-state index in [1.807, 2.05) is 60.8 Å². The summed E-state index contributed by atoms with van der Waals surface area (Å²) in [6.07, 6.45) is 0.953. The van der Waals surface area contributed by atoms with Crippen LogP contribution in [0.25, 0.3) is 0 Å². The lowest BCUT2D eigenvalue weighted by Gasteiger charge is -2.18. The van der Waals surface area contributed by atoms with Gasteiger partial charge in [0.1, 0.15) is 5.75 Å². The average molecular weight is 481 g/mol. The van der Waals surface area contributed by atoms with E-state index in [-0.39, 0.29) is 12.5 Å². The summed E-state index contributed by atoms with van der Waals surface area (Å²) in [6, 6.07) is 15.8. The first-order valence-corrected chi connectivity index (χ1v) is 12.4. The van der Waals surface area contributed by atoms with Crippen LogP contribution in [0.15, 0.2) is 63.6 Å². The molecule has 1 amide bonds. The lowest BCUT2D eigenvalue weighted by atomic mass is 10.1. The maximum atomic E-state index is 12.3. The van der Waals surface area contributed by atoms with Crippen molar-refractivity contribution < 1.29 is 13.9 Å². The van der Waals surface area contributed by atoms with Crippen LogP contribution < -0.4 is 9.64 Å². The van der Waals surface area contributed by atoms with Crippen molar-refractivity contribution in [2.45, 2.75) is 44.8 Å². The molecule has 9 heteroatoms. The molecule has 2 aromatic heterocycles. The van der Waals surface area contributed by atoms with E-state index in [0.29, 0.717) is 22.0 Å². The highest BCUT2D eigenvalue weighted by atomic mass is 32.2. The molecule has 0 bridgehead atoms. The van der Waals surface area contributed by atoms with E-state index < -0.39 is 0 Å². The molecular formula is C24H24N4O3S2. The fourth-order valence-corrected chi connectivity index (χ4v) is 4.78. The van der Waals surface area contributed by atoms with Crippen molar-refractivity contribution in [1.82, 2.24) is 15.2 Å². The monoisotopic (exact) mass is 480 g/mol. The van der Waals surface area contributed by atoms with Gasteiger partial charge in [-0.2, -0.15) is 0 Å². The molecule has 2 aromatic carbocycles. The number of aromatic nitrogens is 3. The third-order valence-electron chi connectivity index (χ3n) is 4.79. The van der Waals surface area contributed by atoms with Gasteiger partial charge in [-0.25, -0.2) is 4.98 Å². The van der Waals surface area contributed by atoms with Gasteiger partial charge in [-0.1, -0.05) is 43.0 Å². The quantitative estimate of drug-likeness (QED) is 0.274. The molecule has 0 saturated heterocycles. The normalized spacial score (nSPS) is 10.9. The maximum Gasteiger partial charge on any atom is 0.277 e. The van der Waals surface area contributed by atoms with E-state index >= 15 is 0 Å². The minimum absolute atomic E-state index is 0.0806. The number of carbonyl (C=O) groups excluding carboxylic acids is 1. The standard InChI is InChI=1S/C24H24N4O3S2/c1-4-18-8-10-20(11-9-18)28(17(3)29)23-25-19(14-32-23)15-33-24-27-26-22(31-24)13-30-21-7-5-6-16(2)12-21/h5-12,14H,4,13,15H2,1-3H3. The Morgan fingerprint density at radius 1 is 1.18 bits per heavy atom. The zero-order valence-electron chi connectivity index (χ0n) is 18.6. The Morgan fingerprint density at radius 2 is 2.00 bits per heavy atom. The Balaban J connectivity index is 1.36. The van der Waals surface area contributed by atoms with Gasteiger partial charge in [0.05, 0.1) is 11.4 Å². The molecule has 0 radical (unpaired) electrons. The van der Waals surface area contributed by atoms with Crippen LogP contribution in [-0.4, -0.2) is 21.1 Å². The molecule has 4 rings (SSSR count). The van der Waals surface area contributed by atoms with Crippen molar-refractivity contribution >= 4 is 39.8 Å². The molecule has 0 aliphatic carbocycles. The fourth-order valence-electron chi connectivity index (χ4n) is 3.11. The summed E-state index contributed by atoms with van der Waals surface area (Å²) in [4.78, 5) is 18.6. The minimum Gasteiger partial charge on any atom is -0.484 e. The van der Waals surface area contributed by atoms with E-state index in [1.165, 1.54) is 28.7 Å². The van der Waals surface area contributed by atoms with Crippen molar-refractivity contribution in [2.24, 2.45) is 0 Å². The second kappa shape index (κ2) is 10.6. The molecule has 0 unspecified atom stereocenters. The molecule has 170 valence electrons. The Labute approximate surface area is 200 Å². The topological polar surface area (TPSA) is 81.4 Å². The molecule has 0 atom stereocenters. The smallest absolute Gasteiger partial charge is 0.277 e. The van der Waals surface area contributed by atoms with Crippen LogP contribution in [0.1, 0.15) is 36.6 Å². The van der Waals surface area contributed by atoms with E-state index in [4.69, 9.17) is 9.15 Å². The van der Waals surface area contributed by atoms with Gasteiger partial charge in [-0.3, -0.25) is 9.69 Å². The van der Waals surface area contributed by atoms with Gasteiger partial charge >= 0.3 is 0 Å². The first kappa shape index (κ1) is 23.0. The van der Waals surface area contributed by atoms with Crippen molar-refractivity contribution in [3.63, 3.8) is 0 Å². The summed E-state index contributed by atoms with van der Waals surface area (Å²) >= 11 is 2.83. The van der Waals surface area contributed by atoms with Crippen LogP contribution in [-0.2, 0) is 23.6 Å². The molecule has 4 aromatic rings. The number of anilines is 2. The second-order valence-electron chi connectivity index (χ2n) is 7.35. The number of hydrogen-bond acceptors (Lipinski definition) is 8. The van der Waals surface area contributed by atoms with Crippen LogP contribution >= 0.6 is 23.1 Å². The summed E-state index contributed by atoms with van der Waals surface area (Å²) in [5, 5.41) is 11.1. The summed E-state index contributed by atoms with van der Waals surface area (Å²) < 4.78 is 11.4. The second-order valence-corrected chi connectivity index (χ2v) is 9.11. The van der Waals surface area contributed by atoms with Gasteiger partial charge in [-0.05, 0) is 48.7 Å². The maximum absolute atomic E-state index is 12.3. The zero-order chi connectivity index (χ0) is 23.2. The molecule has 0 aliphatic rings. The molecular weight excluding hydrogens is 456 g/mol. The number of rotatable bonds is 9. The number of ether oxygens (including phenoxy) is 1. The summed E-state index contributed by atoms with van der Waals surface area (Å²) in [7, 11) is 0. The highest BCUT2D eigenvalue weighted by Gasteiger charge is 2.18. The zero-order valence-corrected chi connectivity index (χ0v) is 20.3. The first-order valence-electron chi connectivity index (χ1n) is 10.5. The molecule has 0 spiro atoms. The number of thiazole rings is 1. The van der Waals surface area contributed by atoms with Crippen LogP contribution in [0.3, 0.4) is 0 Å². The fraction of sp³-hybridized carbons (Fsp3) is 0.250. The number of benzene rings is 2. The lowest BCUT2D eigenvalue weighted by molar-refractivity contribution is -0.115. The Bertz CT molecular complexity index is 1220. The predicted molar refractivity (Wildman–Crippen MR) is 130 cm³/mol. The van der Waals surface area contributed by atoms with Crippen LogP contribution in [0.5, 0.6) is 5.75 Å². The number of amides is 1. The average Bonchev–Trinajstić information content (AvgIpc) is 3.46. The van der Waals surface area contributed by atoms with E-state index in [9.17, 15) is 4.79 Å². The first-order chi connectivity index (χ1) is 16.0. The van der Waals surface area contributed by atoms with E-state index in [0.717, 1.165) is 29.1 Å². The minimum atomic E-state index is -0.0806. The Kier molecular flexibility index (Phi) is 7.41. The third kappa shape index (κ3) is 6.00. The molecule has 0 fully saturated rings. The number of thioether (sulfide) groups is 1. The van der Waals surface area contributed by atoms with Gasteiger partial charge < -0.3 is 9.15 Å². The molecule has 0 saturated carbocycles. The van der Waals surface area contributed by atoms with Crippen LogP contribution in [0, 0.1) is 6.92 Å². The van der Waals surface area contributed by atoms with Crippen LogP contribution in [0.4, 0.5) is 10.8 Å². The number of carbonyl (C=O) groups is 1. The number of nitrogens with zero attached hydrogens (tertiary/aromatic N) is 4. The highest BCUT2D eigenvalue weighted by molar-refractivity contribution is 7.98. The molecule has 2 heterocycles. The molecule has 0 N–H and O–H groups in total. The van der Waals surface area contributed by atoms with Crippen LogP contribution in [0.2, 0.25) is 0 Å². The largest absolute Gasteiger partial charge is 0.484 e. The van der Waals surface area contributed by atoms with Gasteiger partial charge in [0, 0.05) is 18.1 Å². The van der Waals surface area contributed by atoms with Gasteiger partial charge in [0.15, 0.2) is 11.7 Å². The highest BCUT2D eigenvalue weighted by Crippen LogP contribution is 2.31. The van der Waals surface area contributed by atoms with Crippen molar-refractivity contribution in [3.8, 4) is 5.75 Å². The van der Waals surface area contributed by atoms with Gasteiger partial charge in [-0.15, -0.1) is 21.5 Å². The number of aryl methyl sites for hydroxylation is 2. The summed E-state index contributed by atoms with van der Waals surface area (Å²) in [5.74, 6) is 1.65.